The van der Waals surface area contributed by atoms with E-state index in [1.54, 1.807) is 6.20 Å². The number of halogens is 1. The summed E-state index contributed by atoms with van der Waals surface area (Å²) in [6.07, 6.45) is 3.71. The van der Waals surface area contributed by atoms with Gasteiger partial charge in [-0.05, 0) is 24.8 Å². The lowest BCUT2D eigenvalue weighted by Crippen LogP contribution is -2.28. The standard InChI is InChI=1S/C11H17N3O.ClH/c12-10(8-3-6-15-7-4-8)9-2-1-5-14-11(9)13;/h1-2,5,8,10H,3-4,6-7,12H2,(H2,13,14);1H/t10-;/m0./s1. The third kappa shape index (κ3) is 2.84. The van der Waals surface area contributed by atoms with Crippen molar-refractivity contribution in [1.29, 1.82) is 0 Å². The average molecular weight is 244 g/mol. The Bertz CT molecular complexity index is 329. The Hall–Kier alpha value is -0.840. The Morgan fingerprint density at radius 3 is 2.69 bits per heavy atom. The first kappa shape index (κ1) is 13.2. The Labute approximate surface area is 102 Å². The summed E-state index contributed by atoms with van der Waals surface area (Å²) in [6.45, 7) is 1.61. The average Bonchev–Trinajstić information content (AvgIpc) is 2.30. The molecule has 0 aromatic carbocycles. The fraction of sp³-hybridized carbons (Fsp3) is 0.545. The molecule has 1 atom stereocenters. The van der Waals surface area contributed by atoms with Crippen molar-refractivity contribution >= 4 is 18.2 Å². The van der Waals surface area contributed by atoms with Crippen LogP contribution in [0.25, 0.3) is 0 Å². The van der Waals surface area contributed by atoms with E-state index in [1.165, 1.54) is 0 Å². The van der Waals surface area contributed by atoms with E-state index in [2.05, 4.69) is 4.98 Å². The predicted octanol–water partition coefficient (Wildman–Crippen LogP) is 1.51. The fourth-order valence-corrected chi connectivity index (χ4v) is 2.04. The number of anilines is 1. The third-order valence-electron chi connectivity index (χ3n) is 3.00. The van der Waals surface area contributed by atoms with E-state index in [0.29, 0.717) is 11.7 Å². The monoisotopic (exact) mass is 243 g/mol. The molecule has 0 radical (unpaired) electrons. The molecule has 16 heavy (non-hydrogen) atoms. The highest BCUT2D eigenvalue weighted by atomic mass is 35.5. The van der Waals surface area contributed by atoms with Crippen molar-refractivity contribution in [2.24, 2.45) is 11.7 Å². The van der Waals surface area contributed by atoms with Gasteiger partial charge in [0.05, 0.1) is 0 Å². The van der Waals surface area contributed by atoms with Crippen LogP contribution >= 0.6 is 12.4 Å². The molecular formula is C11H18ClN3O. The summed E-state index contributed by atoms with van der Waals surface area (Å²) < 4.78 is 5.31. The van der Waals surface area contributed by atoms with Crippen LogP contribution in [-0.2, 0) is 4.74 Å². The summed E-state index contributed by atoms with van der Waals surface area (Å²) >= 11 is 0. The molecule has 1 saturated heterocycles. The van der Waals surface area contributed by atoms with E-state index in [1.807, 2.05) is 12.1 Å². The van der Waals surface area contributed by atoms with Gasteiger partial charge in [-0.15, -0.1) is 12.4 Å². The Morgan fingerprint density at radius 2 is 2.06 bits per heavy atom. The number of hydrogen-bond acceptors (Lipinski definition) is 4. The van der Waals surface area contributed by atoms with E-state index in [-0.39, 0.29) is 18.4 Å². The van der Waals surface area contributed by atoms with E-state index in [0.717, 1.165) is 31.6 Å². The summed E-state index contributed by atoms with van der Waals surface area (Å²) in [5.41, 5.74) is 13.0. The van der Waals surface area contributed by atoms with Crippen molar-refractivity contribution in [3.05, 3.63) is 23.9 Å². The summed E-state index contributed by atoms with van der Waals surface area (Å²) in [4.78, 5) is 4.06. The van der Waals surface area contributed by atoms with Crippen LogP contribution in [0.2, 0.25) is 0 Å². The molecule has 0 spiro atoms. The molecule has 1 aromatic rings. The van der Waals surface area contributed by atoms with Crippen molar-refractivity contribution in [3.8, 4) is 0 Å². The molecule has 2 heterocycles. The zero-order valence-corrected chi connectivity index (χ0v) is 9.95. The lowest BCUT2D eigenvalue weighted by Gasteiger charge is -2.28. The summed E-state index contributed by atoms with van der Waals surface area (Å²) in [6, 6.07) is 3.83. The maximum absolute atomic E-state index is 6.20. The van der Waals surface area contributed by atoms with Crippen LogP contribution in [0.15, 0.2) is 18.3 Å². The number of nitrogen functional groups attached to an aromatic ring is 1. The van der Waals surface area contributed by atoms with Gasteiger partial charge in [-0.1, -0.05) is 6.07 Å². The zero-order chi connectivity index (χ0) is 10.7. The highest BCUT2D eigenvalue weighted by Crippen LogP contribution is 2.29. The van der Waals surface area contributed by atoms with Gasteiger partial charge in [-0.3, -0.25) is 0 Å². The van der Waals surface area contributed by atoms with Crippen molar-refractivity contribution < 1.29 is 4.74 Å². The Morgan fingerprint density at radius 1 is 1.38 bits per heavy atom. The van der Waals surface area contributed by atoms with Crippen LogP contribution in [0.5, 0.6) is 0 Å². The molecule has 0 unspecified atom stereocenters. The normalized spacial score (nSPS) is 18.8. The van der Waals surface area contributed by atoms with Gasteiger partial charge in [0.2, 0.25) is 0 Å². The molecule has 1 aromatic heterocycles. The summed E-state index contributed by atoms with van der Waals surface area (Å²) in [5, 5.41) is 0. The Kier molecular flexibility index (Phi) is 4.99. The van der Waals surface area contributed by atoms with Gasteiger partial charge in [-0.25, -0.2) is 4.98 Å². The number of rotatable bonds is 2. The number of pyridine rings is 1. The predicted molar refractivity (Wildman–Crippen MR) is 66.4 cm³/mol. The molecule has 1 aliphatic rings. The van der Waals surface area contributed by atoms with Gasteiger partial charge >= 0.3 is 0 Å². The second kappa shape index (κ2) is 6.03. The fourth-order valence-electron chi connectivity index (χ4n) is 2.04. The topological polar surface area (TPSA) is 74.2 Å². The number of nitrogens with two attached hydrogens (primary N) is 2. The second-order valence-electron chi connectivity index (χ2n) is 3.95. The highest BCUT2D eigenvalue weighted by molar-refractivity contribution is 5.85. The SMILES string of the molecule is Cl.Nc1ncccc1[C@@H](N)C1CCOCC1. The number of hydrogen-bond donors (Lipinski definition) is 2. The number of nitrogens with zero attached hydrogens (tertiary/aromatic N) is 1. The van der Waals surface area contributed by atoms with Gasteiger partial charge in [0.25, 0.3) is 0 Å². The highest BCUT2D eigenvalue weighted by Gasteiger charge is 2.23. The Balaban J connectivity index is 0.00000128. The summed E-state index contributed by atoms with van der Waals surface area (Å²) in [7, 11) is 0. The van der Waals surface area contributed by atoms with Crippen LogP contribution in [0.4, 0.5) is 5.82 Å². The van der Waals surface area contributed by atoms with E-state index < -0.39 is 0 Å². The van der Waals surface area contributed by atoms with E-state index in [9.17, 15) is 0 Å². The van der Waals surface area contributed by atoms with Crippen molar-refractivity contribution in [1.82, 2.24) is 4.98 Å². The minimum atomic E-state index is -0.0115. The first-order valence-electron chi connectivity index (χ1n) is 5.33. The number of ether oxygens (including phenoxy) is 1. The zero-order valence-electron chi connectivity index (χ0n) is 9.13. The van der Waals surface area contributed by atoms with Crippen LogP contribution in [0, 0.1) is 5.92 Å². The van der Waals surface area contributed by atoms with Crippen LogP contribution in [-0.4, -0.2) is 18.2 Å². The van der Waals surface area contributed by atoms with E-state index in [4.69, 9.17) is 16.2 Å². The smallest absolute Gasteiger partial charge is 0.128 e. The second-order valence-corrected chi connectivity index (χ2v) is 3.95. The van der Waals surface area contributed by atoms with Gasteiger partial charge in [0, 0.05) is 31.0 Å². The van der Waals surface area contributed by atoms with Crippen molar-refractivity contribution in [2.45, 2.75) is 18.9 Å². The largest absolute Gasteiger partial charge is 0.383 e. The minimum absolute atomic E-state index is 0. The molecular weight excluding hydrogens is 226 g/mol. The molecule has 0 amide bonds. The van der Waals surface area contributed by atoms with Crippen LogP contribution < -0.4 is 11.5 Å². The summed E-state index contributed by atoms with van der Waals surface area (Å²) in [5.74, 6) is 1.02. The molecule has 1 aliphatic heterocycles. The molecule has 0 bridgehead atoms. The molecule has 0 saturated carbocycles. The van der Waals surface area contributed by atoms with Gasteiger partial charge < -0.3 is 16.2 Å². The molecule has 4 nitrogen and oxygen atoms in total. The molecule has 5 heteroatoms. The van der Waals surface area contributed by atoms with Gasteiger partial charge in [-0.2, -0.15) is 0 Å². The van der Waals surface area contributed by atoms with Crippen LogP contribution in [0.3, 0.4) is 0 Å². The maximum Gasteiger partial charge on any atom is 0.128 e. The lowest BCUT2D eigenvalue weighted by atomic mass is 9.88. The van der Waals surface area contributed by atoms with E-state index >= 15 is 0 Å². The van der Waals surface area contributed by atoms with Crippen molar-refractivity contribution in [2.75, 3.05) is 18.9 Å². The van der Waals surface area contributed by atoms with Crippen molar-refractivity contribution in [3.63, 3.8) is 0 Å². The number of aromatic nitrogens is 1. The molecule has 2 rings (SSSR count). The maximum atomic E-state index is 6.20. The molecule has 90 valence electrons. The quantitative estimate of drug-likeness (QED) is 0.826. The molecule has 1 fully saturated rings. The first-order valence-corrected chi connectivity index (χ1v) is 5.33. The van der Waals surface area contributed by atoms with Crippen LogP contribution in [0.1, 0.15) is 24.4 Å². The minimum Gasteiger partial charge on any atom is -0.383 e. The van der Waals surface area contributed by atoms with Gasteiger partial charge in [0.1, 0.15) is 5.82 Å². The van der Waals surface area contributed by atoms with Gasteiger partial charge in [0.15, 0.2) is 0 Å². The molecule has 4 N–H and O–H groups in total. The molecule has 0 aliphatic carbocycles. The lowest BCUT2D eigenvalue weighted by molar-refractivity contribution is 0.0584. The third-order valence-corrected chi connectivity index (χ3v) is 3.00. The first-order chi connectivity index (χ1) is 7.29.